The highest BCUT2D eigenvalue weighted by atomic mass is 19.1. The van der Waals surface area contributed by atoms with E-state index in [-0.39, 0.29) is 12.2 Å². The molecule has 0 aliphatic carbocycles. The zero-order valence-electron chi connectivity index (χ0n) is 11.0. The lowest BCUT2D eigenvalue weighted by Crippen LogP contribution is -2.30. The fourth-order valence-electron chi connectivity index (χ4n) is 1.54. The van der Waals surface area contributed by atoms with Gasteiger partial charge in [0.25, 0.3) is 0 Å². The summed E-state index contributed by atoms with van der Waals surface area (Å²) in [5.41, 5.74) is -0.410. The number of hydrogen-bond donors (Lipinski definition) is 2. The minimum atomic E-state index is -1.95. The van der Waals surface area contributed by atoms with Crippen LogP contribution in [-0.4, -0.2) is 42.0 Å². The van der Waals surface area contributed by atoms with Gasteiger partial charge in [0.05, 0.1) is 19.3 Å². The van der Waals surface area contributed by atoms with E-state index < -0.39 is 35.5 Å². The summed E-state index contributed by atoms with van der Waals surface area (Å²) in [6.07, 6.45) is -3.80. The average molecular weight is 286 g/mol. The molecule has 6 nitrogen and oxygen atoms in total. The fourth-order valence-corrected chi connectivity index (χ4v) is 1.54. The Morgan fingerprint density at radius 2 is 2.00 bits per heavy atom. The van der Waals surface area contributed by atoms with Crippen LogP contribution in [0.2, 0.25) is 0 Å². The van der Waals surface area contributed by atoms with Crippen molar-refractivity contribution >= 4 is 11.9 Å². The van der Waals surface area contributed by atoms with Crippen LogP contribution >= 0.6 is 0 Å². The van der Waals surface area contributed by atoms with Crippen molar-refractivity contribution in [3.63, 3.8) is 0 Å². The third-order valence-electron chi connectivity index (χ3n) is 2.56. The van der Waals surface area contributed by atoms with Crippen molar-refractivity contribution in [1.29, 1.82) is 0 Å². The smallest absolute Gasteiger partial charge is 0.338 e. The summed E-state index contributed by atoms with van der Waals surface area (Å²) in [5, 5.41) is 19.4. The zero-order chi connectivity index (χ0) is 15.3. The molecular weight excluding hydrogens is 271 g/mol. The largest absolute Gasteiger partial charge is 0.465 e. The van der Waals surface area contributed by atoms with Crippen LogP contribution in [0.15, 0.2) is 18.2 Å². The Morgan fingerprint density at radius 3 is 2.55 bits per heavy atom. The maximum Gasteiger partial charge on any atom is 0.338 e. The first-order chi connectivity index (χ1) is 9.42. The van der Waals surface area contributed by atoms with Crippen LogP contribution in [0.3, 0.4) is 0 Å². The van der Waals surface area contributed by atoms with Crippen molar-refractivity contribution in [3.8, 4) is 0 Å². The molecule has 2 atom stereocenters. The zero-order valence-corrected chi connectivity index (χ0v) is 11.0. The first kappa shape index (κ1) is 16.1. The predicted molar refractivity (Wildman–Crippen MR) is 65.3 cm³/mol. The maximum absolute atomic E-state index is 13.6. The summed E-state index contributed by atoms with van der Waals surface area (Å²) in [4.78, 5) is 22.6. The van der Waals surface area contributed by atoms with Gasteiger partial charge >= 0.3 is 11.9 Å². The number of methoxy groups -OCH3 is 1. The lowest BCUT2D eigenvalue weighted by Gasteiger charge is -2.17. The van der Waals surface area contributed by atoms with Gasteiger partial charge in [-0.05, 0) is 25.1 Å². The van der Waals surface area contributed by atoms with Crippen LogP contribution in [0.4, 0.5) is 4.39 Å². The number of aliphatic hydroxyl groups is 2. The van der Waals surface area contributed by atoms with E-state index in [4.69, 9.17) is 0 Å². The van der Waals surface area contributed by atoms with E-state index in [0.717, 1.165) is 25.3 Å². The standard InChI is InChI=1S/C13H15FO6/c1-3-20-13(18)11(16)10(15)8-6-7(12(17)19-2)4-5-9(8)14/h4-6,10-11,15-16H,3H2,1-2H3. The lowest BCUT2D eigenvalue weighted by atomic mass is 10.0. The quantitative estimate of drug-likeness (QED) is 0.769. The van der Waals surface area contributed by atoms with Crippen molar-refractivity contribution in [2.24, 2.45) is 0 Å². The van der Waals surface area contributed by atoms with E-state index in [0.29, 0.717) is 0 Å². The summed E-state index contributed by atoms with van der Waals surface area (Å²) >= 11 is 0. The number of ether oxygens (including phenoxy) is 2. The van der Waals surface area contributed by atoms with Crippen LogP contribution in [0.5, 0.6) is 0 Å². The molecule has 7 heteroatoms. The molecule has 0 fully saturated rings. The minimum Gasteiger partial charge on any atom is -0.465 e. The number of hydrogen-bond acceptors (Lipinski definition) is 6. The molecule has 2 N–H and O–H groups in total. The summed E-state index contributed by atoms with van der Waals surface area (Å²) in [7, 11) is 1.15. The van der Waals surface area contributed by atoms with E-state index in [2.05, 4.69) is 9.47 Å². The molecule has 1 rings (SSSR count). The van der Waals surface area contributed by atoms with Crippen molar-refractivity contribution in [3.05, 3.63) is 35.1 Å². The predicted octanol–water partition coefficient (Wildman–Crippen LogP) is 0.570. The molecule has 110 valence electrons. The first-order valence-electron chi connectivity index (χ1n) is 5.82. The number of carbonyl (C=O) groups is 2. The summed E-state index contributed by atoms with van der Waals surface area (Å²) in [6.45, 7) is 1.53. The normalized spacial score (nSPS) is 13.4. The second kappa shape index (κ2) is 6.97. The molecule has 0 spiro atoms. The molecule has 0 bridgehead atoms. The number of benzene rings is 1. The van der Waals surface area contributed by atoms with Crippen molar-refractivity contribution in [2.75, 3.05) is 13.7 Å². The van der Waals surface area contributed by atoms with E-state index in [9.17, 15) is 24.2 Å². The fraction of sp³-hybridized carbons (Fsp3) is 0.385. The highest BCUT2D eigenvalue weighted by Crippen LogP contribution is 2.23. The molecule has 0 radical (unpaired) electrons. The number of carbonyl (C=O) groups excluding carboxylic acids is 2. The Labute approximate surface area is 114 Å². The van der Waals surface area contributed by atoms with E-state index >= 15 is 0 Å². The van der Waals surface area contributed by atoms with Crippen LogP contribution in [0.1, 0.15) is 28.9 Å². The molecule has 1 aromatic carbocycles. The SMILES string of the molecule is CCOC(=O)C(O)C(O)c1cc(C(=O)OC)ccc1F. The topological polar surface area (TPSA) is 93.1 Å². The van der Waals surface area contributed by atoms with Crippen LogP contribution in [0, 0.1) is 5.82 Å². The second-order valence-electron chi connectivity index (χ2n) is 3.87. The molecule has 0 aromatic heterocycles. The Bertz CT molecular complexity index is 502. The van der Waals surface area contributed by atoms with Crippen molar-refractivity contribution < 1.29 is 33.7 Å². The molecule has 1 aromatic rings. The van der Waals surface area contributed by atoms with Crippen LogP contribution in [-0.2, 0) is 14.3 Å². The lowest BCUT2D eigenvalue weighted by molar-refractivity contribution is -0.159. The van der Waals surface area contributed by atoms with Crippen LogP contribution < -0.4 is 0 Å². The Kier molecular flexibility index (Phi) is 5.60. The highest BCUT2D eigenvalue weighted by Gasteiger charge is 2.29. The number of rotatable bonds is 5. The van der Waals surface area contributed by atoms with Crippen LogP contribution in [0.25, 0.3) is 0 Å². The van der Waals surface area contributed by atoms with Crippen molar-refractivity contribution in [2.45, 2.75) is 19.1 Å². The monoisotopic (exact) mass is 286 g/mol. The number of esters is 2. The second-order valence-corrected chi connectivity index (χ2v) is 3.87. The molecule has 0 aliphatic heterocycles. The van der Waals surface area contributed by atoms with Gasteiger partial charge in [-0.25, -0.2) is 14.0 Å². The van der Waals surface area contributed by atoms with Gasteiger partial charge in [-0.1, -0.05) is 0 Å². The average Bonchev–Trinajstić information content (AvgIpc) is 2.45. The van der Waals surface area contributed by atoms with Gasteiger partial charge in [-0.15, -0.1) is 0 Å². The van der Waals surface area contributed by atoms with E-state index in [1.165, 1.54) is 6.92 Å². The third kappa shape index (κ3) is 3.52. The van der Waals surface area contributed by atoms with Gasteiger partial charge in [0.1, 0.15) is 11.9 Å². The molecule has 20 heavy (non-hydrogen) atoms. The Hall–Kier alpha value is -1.99. The van der Waals surface area contributed by atoms with Gasteiger partial charge < -0.3 is 19.7 Å². The maximum atomic E-state index is 13.6. The molecule has 0 saturated carbocycles. The van der Waals surface area contributed by atoms with Gasteiger partial charge in [-0.3, -0.25) is 0 Å². The first-order valence-corrected chi connectivity index (χ1v) is 5.82. The highest BCUT2D eigenvalue weighted by molar-refractivity contribution is 5.89. The van der Waals surface area contributed by atoms with Gasteiger partial charge in [0.15, 0.2) is 6.10 Å². The van der Waals surface area contributed by atoms with Crippen molar-refractivity contribution in [1.82, 2.24) is 0 Å². The molecular formula is C13H15FO6. The third-order valence-corrected chi connectivity index (χ3v) is 2.56. The number of halogens is 1. The van der Waals surface area contributed by atoms with E-state index in [1.807, 2.05) is 0 Å². The number of aliphatic hydroxyl groups excluding tert-OH is 2. The Morgan fingerprint density at radius 1 is 1.35 bits per heavy atom. The van der Waals surface area contributed by atoms with Gasteiger partial charge in [0, 0.05) is 5.56 Å². The molecule has 2 unspecified atom stereocenters. The Balaban J connectivity index is 3.05. The van der Waals surface area contributed by atoms with Gasteiger partial charge in [-0.2, -0.15) is 0 Å². The summed E-state index contributed by atoms with van der Waals surface area (Å²) in [5.74, 6) is -2.68. The molecule has 0 aliphatic rings. The molecule has 0 saturated heterocycles. The molecule has 0 amide bonds. The molecule has 0 heterocycles. The minimum absolute atomic E-state index is 0.00724. The van der Waals surface area contributed by atoms with E-state index in [1.54, 1.807) is 0 Å². The van der Waals surface area contributed by atoms with Gasteiger partial charge in [0.2, 0.25) is 0 Å². The summed E-state index contributed by atoms with van der Waals surface area (Å²) < 4.78 is 22.6. The summed E-state index contributed by atoms with van der Waals surface area (Å²) in [6, 6.07) is 3.10.